The lowest BCUT2D eigenvalue weighted by atomic mass is 9.68. The minimum atomic E-state index is -0.260. The fourth-order valence-electron chi connectivity index (χ4n) is 2.79. The number of amides is 1. The Balaban J connectivity index is 1.99. The molecule has 0 bridgehead atoms. The van der Waals surface area contributed by atoms with Crippen molar-refractivity contribution in [2.75, 3.05) is 13.1 Å². The summed E-state index contributed by atoms with van der Waals surface area (Å²) in [5.74, 6) is 0.569. The van der Waals surface area contributed by atoms with Gasteiger partial charge in [-0.25, -0.2) is 0 Å². The van der Waals surface area contributed by atoms with Crippen molar-refractivity contribution >= 4 is 13.0 Å². The molecule has 0 spiro atoms. The van der Waals surface area contributed by atoms with Gasteiger partial charge in [-0.1, -0.05) is 6.42 Å². The largest absolute Gasteiger partial charge is 0.461 e. The zero-order valence-electron chi connectivity index (χ0n) is 12.9. The van der Waals surface area contributed by atoms with E-state index in [-0.39, 0.29) is 24.2 Å². The predicted octanol–water partition coefficient (Wildman–Crippen LogP) is 2.48. The minimum Gasteiger partial charge on any atom is -0.403 e. The van der Waals surface area contributed by atoms with Gasteiger partial charge >= 0.3 is 7.12 Å². The molecule has 0 radical (unpaired) electrons. The van der Waals surface area contributed by atoms with Gasteiger partial charge in [0.2, 0.25) is 5.91 Å². The van der Waals surface area contributed by atoms with Crippen molar-refractivity contribution < 1.29 is 14.1 Å². The number of nitrogens with zero attached hydrogens (tertiary/aromatic N) is 1. The lowest BCUT2D eigenvalue weighted by molar-refractivity contribution is -0.128. The summed E-state index contributed by atoms with van der Waals surface area (Å²) in [5.41, 5.74) is -0.519. The molecule has 2 aliphatic rings. The molecule has 0 N–H and O–H groups in total. The molecule has 0 saturated carbocycles. The van der Waals surface area contributed by atoms with E-state index in [1.54, 1.807) is 6.92 Å². The molecule has 108 valence electrons. The molecule has 0 aromatic rings. The van der Waals surface area contributed by atoms with Crippen LogP contribution >= 0.6 is 0 Å². The van der Waals surface area contributed by atoms with Gasteiger partial charge in [0.15, 0.2) is 0 Å². The zero-order valence-corrected chi connectivity index (χ0v) is 12.9. The molecule has 19 heavy (non-hydrogen) atoms. The van der Waals surface area contributed by atoms with E-state index in [0.717, 1.165) is 32.4 Å². The van der Waals surface area contributed by atoms with Gasteiger partial charge in [0.1, 0.15) is 0 Å². The van der Waals surface area contributed by atoms with Crippen molar-refractivity contribution in [3.63, 3.8) is 0 Å². The summed E-state index contributed by atoms with van der Waals surface area (Å²) in [6.07, 6.45) is 3.07. The Morgan fingerprint density at radius 2 is 1.68 bits per heavy atom. The summed E-state index contributed by atoms with van der Waals surface area (Å²) < 4.78 is 12.3. The summed E-state index contributed by atoms with van der Waals surface area (Å²) >= 11 is 0. The van der Waals surface area contributed by atoms with Crippen LogP contribution in [0.3, 0.4) is 0 Å². The molecule has 2 rings (SSSR count). The summed E-state index contributed by atoms with van der Waals surface area (Å²) in [4.78, 5) is 13.4. The van der Waals surface area contributed by atoms with Gasteiger partial charge in [-0.05, 0) is 46.4 Å². The second-order valence-corrected chi connectivity index (χ2v) is 6.82. The Morgan fingerprint density at radius 3 is 2.21 bits per heavy atom. The van der Waals surface area contributed by atoms with E-state index in [4.69, 9.17) is 9.31 Å². The quantitative estimate of drug-likeness (QED) is 0.685. The molecule has 0 aromatic heterocycles. The molecule has 5 heteroatoms. The monoisotopic (exact) mass is 267 g/mol. The van der Waals surface area contributed by atoms with Crippen LogP contribution in [0.15, 0.2) is 0 Å². The van der Waals surface area contributed by atoms with Gasteiger partial charge in [-0.15, -0.1) is 0 Å². The van der Waals surface area contributed by atoms with Crippen LogP contribution in [0.25, 0.3) is 0 Å². The van der Waals surface area contributed by atoms with Crippen LogP contribution in [0.1, 0.15) is 53.9 Å². The SMILES string of the molecule is CC(=O)N1CCCC(B2OC(C)(C)C(C)(C)O2)CC1. The first-order chi connectivity index (χ1) is 8.73. The molecule has 2 fully saturated rings. The molecule has 2 saturated heterocycles. The van der Waals surface area contributed by atoms with Gasteiger partial charge in [-0.3, -0.25) is 4.79 Å². The lowest BCUT2D eigenvalue weighted by Gasteiger charge is -2.32. The first-order valence-electron chi connectivity index (χ1n) is 7.34. The second kappa shape index (κ2) is 5.10. The predicted molar refractivity (Wildman–Crippen MR) is 75.9 cm³/mol. The number of likely N-dealkylation sites (tertiary alicyclic amines) is 1. The van der Waals surface area contributed by atoms with Crippen molar-refractivity contribution in [3.05, 3.63) is 0 Å². The summed E-state index contributed by atoms with van der Waals surface area (Å²) in [5, 5.41) is 0. The third-order valence-corrected chi connectivity index (χ3v) is 4.87. The molecule has 2 aliphatic heterocycles. The summed E-state index contributed by atoms with van der Waals surface area (Å²) in [7, 11) is -0.128. The maximum atomic E-state index is 11.4. The normalized spacial score (nSPS) is 30.3. The Morgan fingerprint density at radius 1 is 1.11 bits per heavy atom. The van der Waals surface area contributed by atoms with E-state index in [0.29, 0.717) is 5.82 Å². The van der Waals surface area contributed by atoms with E-state index in [1.165, 1.54) is 0 Å². The Bertz CT molecular complexity index is 341. The molecule has 4 nitrogen and oxygen atoms in total. The zero-order chi connectivity index (χ0) is 14.3. The van der Waals surface area contributed by atoms with E-state index in [1.807, 2.05) is 4.90 Å². The van der Waals surface area contributed by atoms with Gasteiger partial charge in [0.05, 0.1) is 11.2 Å². The summed E-state index contributed by atoms with van der Waals surface area (Å²) in [6, 6.07) is 0. The van der Waals surface area contributed by atoms with E-state index >= 15 is 0 Å². The standard InChI is InChI=1S/C14H26BNO3/c1-11(17)16-9-6-7-12(8-10-16)15-18-13(2,3)14(4,5)19-15/h12H,6-10H2,1-5H3. The molecule has 1 unspecified atom stereocenters. The fraction of sp³-hybridized carbons (Fsp3) is 0.929. The van der Waals surface area contributed by atoms with Crippen LogP contribution in [-0.2, 0) is 14.1 Å². The molecule has 1 amide bonds. The Labute approximate surface area is 117 Å². The van der Waals surface area contributed by atoms with Gasteiger partial charge in [-0.2, -0.15) is 0 Å². The van der Waals surface area contributed by atoms with Crippen molar-refractivity contribution in [2.24, 2.45) is 0 Å². The van der Waals surface area contributed by atoms with Crippen LogP contribution in [0.4, 0.5) is 0 Å². The van der Waals surface area contributed by atoms with Crippen molar-refractivity contribution in [2.45, 2.75) is 70.9 Å². The number of hydrogen-bond donors (Lipinski definition) is 0. The smallest absolute Gasteiger partial charge is 0.403 e. The van der Waals surface area contributed by atoms with Crippen LogP contribution in [0.5, 0.6) is 0 Å². The average molecular weight is 267 g/mol. The van der Waals surface area contributed by atoms with E-state index in [9.17, 15) is 4.79 Å². The summed E-state index contributed by atoms with van der Waals surface area (Å²) in [6.45, 7) is 11.7. The highest BCUT2D eigenvalue weighted by Gasteiger charge is 2.53. The third-order valence-electron chi connectivity index (χ3n) is 4.87. The number of carbonyl (C=O) groups excluding carboxylic acids is 1. The fourth-order valence-corrected chi connectivity index (χ4v) is 2.79. The number of hydrogen-bond acceptors (Lipinski definition) is 3. The molecule has 0 aromatic carbocycles. The Hall–Kier alpha value is -0.545. The highest BCUT2D eigenvalue weighted by molar-refractivity contribution is 6.47. The topological polar surface area (TPSA) is 38.8 Å². The van der Waals surface area contributed by atoms with Crippen LogP contribution in [0.2, 0.25) is 5.82 Å². The van der Waals surface area contributed by atoms with Crippen molar-refractivity contribution in [1.29, 1.82) is 0 Å². The van der Waals surface area contributed by atoms with Gasteiger partial charge in [0, 0.05) is 20.0 Å². The maximum absolute atomic E-state index is 11.4. The highest BCUT2D eigenvalue weighted by atomic mass is 16.7. The first-order valence-corrected chi connectivity index (χ1v) is 7.34. The minimum absolute atomic E-state index is 0.128. The molecular weight excluding hydrogens is 241 g/mol. The van der Waals surface area contributed by atoms with Gasteiger partial charge < -0.3 is 14.2 Å². The molecule has 2 heterocycles. The Kier molecular flexibility index (Phi) is 3.98. The molecule has 1 atom stereocenters. The number of rotatable bonds is 1. The van der Waals surface area contributed by atoms with Crippen LogP contribution in [-0.4, -0.2) is 42.2 Å². The van der Waals surface area contributed by atoms with E-state index in [2.05, 4.69) is 27.7 Å². The van der Waals surface area contributed by atoms with Crippen molar-refractivity contribution in [3.8, 4) is 0 Å². The van der Waals surface area contributed by atoms with Gasteiger partial charge in [0.25, 0.3) is 0 Å². The first kappa shape index (κ1) is 14.9. The molecule has 0 aliphatic carbocycles. The second-order valence-electron chi connectivity index (χ2n) is 6.82. The molecular formula is C14H26BNO3. The lowest BCUT2D eigenvalue weighted by Crippen LogP contribution is -2.41. The van der Waals surface area contributed by atoms with Crippen LogP contribution in [0, 0.1) is 0 Å². The highest BCUT2D eigenvalue weighted by Crippen LogP contribution is 2.42. The maximum Gasteiger partial charge on any atom is 0.461 e. The van der Waals surface area contributed by atoms with Crippen LogP contribution < -0.4 is 0 Å². The number of carbonyl (C=O) groups is 1. The van der Waals surface area contributed by atoms with E-state index < -0.39 is 0 Å². The van der Waals surface area contributed by atoms with Crippen molar-refractivity contribution in [1.82, 2.24) is 4.90 Å². The third kappa shape index (κ3) is 2.97. The average Bonchev–Trinajstić information content (AvgIpc) is 2.47.